The van der Waals surface area contributed by atoms with Crippen molar-refractivity contribution in [3.05, 3.63) is 84.4 Å². The first kappa shape index (κ1) is 22.9. The van der Waals surface area contributed by atoms with Crippen molar-refractivity contribution in [3.8, 4) is 22.6 Å². The molecular weight excluding hydrogens is 416 g/mol. The van der Waals surface area contributed by atoms with Crippen molar-refractivity contribution in [2.45, 2.75) is 50.4 Å². The fourth-order valence-electron chi connectivity index (χ4n) is 4.25. The van der Waals surface area contributed by atoms with Gasteiger partial charge in [-0.25, -0.2) is 4.79 Å². The van der Waals surface area contributed by atoms with E-state index in [-0.39, 0.29) is 12.2 Å². The number of rotatable bonds is 9. The minimum Gasteiger partial charge on any atom is -0.490 e. The van der Waals surface area contributed by atoms with E-state index in [1.807, 2.05) is 54.6 Å². The quantitative estimate of drug-likeness (QED) is 0.452. The smallest absolute Gasteiger partial charge is 0.333 e. The van der Waals surface area contributed by atoms with Gasteiger partial charge in [0.2, 0.25) is 0 Å². The zero-order chi connectivity index (χ0) is 23.0. The van der Waals surface area contributed by atoms with Gasteiger partial charge in [0.15, 0.2) is 6.10 Å². The number of carbonyl (C=O) groups is 1. The van der Waals surface area contributed by atoms with Gasteiger partial charge in [-0.3, -0.25) is 0 Å². The number of carboxylic acids is 1. The predicted molar refractivity (Wildman–Crippen MR) is 128 cm³/mol. The molecule has 1 N–H and O–H groups in total. The van der Waals surface area contributed by atoms with Crippen LogP contribution in [0.25, 0.3) is 11.1 Å². The van der Waals surface area contributed by atoms with Crippen LogP contribution in [0.1, 0.15) is 31.2 Å². The highest BCUT2D eigenvalue weighted by Crippen LogP contribution is 2.29. The van der Waals surface area contributed by atoms with Gasteiger partial charge in [0.25, 0.3) is 0 Å². The highest BCUT2D eigenvalue weighted by Gasteiger charge is 2.25. The van der Waals surface area contributed by atoms with Gasteiger partial charge in [0, 0.05) is 20.0 Å². The third-order valence-corrected chi connectivity index (χ3v) is 6.05. The summed E-state index contributed by atoms with van der Waals surface area (Å²) in [5.41, 5.74) is 3.28. The van der Waals surface area contributed by atoms with E-state index in [1.54, 1.807) is 0 Å². The van der Waals surface area contributed by atoms with Gasteiger partial charge < -0.3 is 19.3 Å². The summed E-state index contributed by atoms with van der Waals surface area (Å²) in [5, 5.41) is 9.14. The molecule has 1 fully saturated rings. The van der Waals surface area contributed by atoms with Crippen LogP contribution in [-0.2, 0) is 16.0 Å². The predicted octanol–water partition coefficient (Wildman–Crippen LogP) is 5.76. The Morgan fingerprint density at radius 1 is 0.848 bits per heavy atom. The second kappa shape index (κ2) is 11.0. The van der Waals surface area contributed by atoms with E-state index in [4.69, 9.17) is 19.3 Å². The fourth-order valence-corrected chi connectivity index (χ4v) is 4.25. The lowest BCUT2D eigenvalue weighted by Gasteiger charge is -2.30. The topological polar surface area (TPSA) is 65.0 Å². The van der Waals surface area contributed by atoms with Crippen molar-refractivity contribution < 1.29 is 24.1 Å². The molecule has 5 heteroatoms. The molecule has 3 atom stereocenters. The van der Waals surface area contributed by atoms with E-state index in [9.17, 15) is 4.79 Å². The van der Waals surface area contributed by atoms with E-state index in [0.717, 1.165) is 42.7 Å². The molecule has 0 radical (unpaired) electrons. The number of benzene rings is 3. The van der Waals surface area contributed by atoms with Crippen molar-refractivity contribution >= 4 is 5.97 Å². The Balaban J connectivity index is 1.30. The van der Waals surface area contributed by atoms with Crippen LogP contribution in [0.3, 0.4) is 0 Å². The first-order valence-electron chi connectivity index (χ1n) is 11.4. The molecule has 1 saturated carbocycles. The van der Waals surface area contributed by atoms with Crippen molar-refractivity contribution in [1.82, 2.24) is 0 Å². The van der Waals surface area contributed by atoms with E-state index >= 15 is 0 Å². The molecule has 0 saturated heterocycles. The van der Waals surface area contributed by atoms with Crippen LogP contribution in [0, 0.1) is 0 Å². The number of hydrogen-bond donors (Lipinski definition) is 1. The van der Waals surface area contributed by atoms with Gasteiger partial charge in [-0.2, -0.15) is 0 Å². The number of methoxy groups -OCH3 is 1. The second-order valence-corrected chi connectivity index (χ2v) is 8.45. The van der Waals surface area contributed by atoms with Gasteiger partial charge in [0.1, 0.15) is 23.7 Å². The van der Waals surface area contributed by atoms with Crippen LogP contribution >= 0.6 is 0 Å². The molecule has 0 bridgehead atoms. The highest BCUT2D eigenvalue weighted by atomic mass is 16.5. The number of carboxylic acid groups (broad SMARTS) is 1. The Kier molecular flexibility index (Phi) is 7.63. The lowest BCUT2D eigenvalue weighted by atomic mass is 9.94. The molecule has 0 amide bonds. The molecule has 5 nitrogen and oxygen atoms in total. The molecule has 0 unspecified atom stereocenters. The van der Waals surface area contributed by atoms with E-state index in [0.29, 0.717) is 6.42 Å². The van der Waals surface area contributed by atoms with Crippen LogP contribution in [-0.4, -0.2) is 36.5 Å². The molecule has 0 heterocycles. The largest absolute Gasteiger partial charge is 0.490 e. The number of hydrogen-bond acceptors (Lipinski definition) is 4. The molecule has 3 aromatic carbocycles. The zero-order valence-corrected chi connectivity index (χ0v) is 18.9. The summed E-state index contributed by atoms with van der Waals surface area (Å²) in [6, 6.07) is 26.2. The normalized spacial score (nSPS) is 18.9. The summed E-state index contributed by atoms with van der Waals surface area (Å²) in [5.74, 6) is 0.720. The van der Waals surface area contributed by atoms with Gasteiger partial charge >= 0.3 is 5.97 Å². The highest BCUT2D eigenvalue weighted by molar-refractivity contribution is 5.72. The maximum absolute atomic E-state index is 11.1. The average molecular weight is 447 g/mol. The summed E-state index contributed by atoms with van der Waals surface area (Å²) in [4.78, 5) is 11.1. The molecule has 0 aliphatic heterocycles. The second-order valence-electron chi connectivity index (χ2n) is 8.45. The van der Waals surface area contributed by atoms with Gasteiger partial charge in [0.05, 0.1) is 0 Å². The summed E-state index contributed by atoms with van der Waals surface area (Å²) >= 11 is 0. The van der Waals surface area contributed by atoms with E-state index in [2.05, 4.69) is 24.3 Å². The van der Waals surface area contributed by atoms with E-state index in [1.165, 1.54) is 18.2 Å². The van der Waals surface area contributed by atoms with Gasteiger partial charge in [-0.05, 0) is 60.2 Å². The Morgan fingerprint density at radius 3 is 1.94 bits per heavy atom. The fraction of sp³-hybridized carbons (Fsp3) is 0.321. The summed E-state index contributed by atoms with van der Waals surface area (Å²) < 4.78 is 17.5. The van der Waals surface area contributed by atoms with Crippen LogP contribution < -0.4 is 9.47 Å². The summed E-state index contributed by atoms with van der Waals surface area (Å²) in [7, 11) is 1.41. The minimum atomic E-state index is -0.958. The molecule has 3 aromatic rings. The molecule has 4 rings (SSSR count). The van der Waals surface area contributed by atoms with Crippen LogP contribution in [0.2, 0.25) is 0 Å². The minimum absolute atomic E-state index is 0.101. The third kappa shape index (κ3) is 6.36. The first-order valence-corrected chi connectivity index (χ1v) is 11.4. The van der Waals surface area contributed by atoms with Gasteiger partial charge in [-0.15, -0.1) is 0 Å². The van der Waals surface area contributed by atoms with Crippen molar-refractivity contribution in [1.29, 1.82) is 0 Å². The molecule has 172 valence electrons. The SMILES string of the molecule is CO[C@@H](Cc1ccc(O[C@@H]2CCC[C@@H](Oc3ccc(-c4ccccc4)cc3)C2)cc1)C(=O)O. The summed E-state index contributed by atoms with van der Waals surface area (Å²) in [6.45, 7) is 0. The summed E-state index contributed by atoms with van der Waals surface area (Å²) in [6.07, 6.45) is 3.64. The van der Waals surface area contributed by atoms with Crippen LogP contribution in [0.5, 0.6) is 11.5 Å². The standard InChI is InChI=1S/C28H30O5/c1-31-27(28(29)30)18-20-10-14-23(15-11-20)32-25-8-5-9-26(19-25)33-24-16-12-22(13-17-24)21-6-3-2-4-7-21/h2-4,6-7,10-17,25-27H,5,8-9,18-19H2,1H3,(H,29,30)/t25-,26-,27+/m1/s1. The molecule has 33 heavy (non-hydrogen) atoms. The van der Waals surface area contributed by atoms with Gasteiger partial charge in [-0.1, -0.05) is 54.6 Å². The zero-order valence-electron chi connectivity index (χ0n) is 18.9. The maximum Gasteiger partial charge on any atom is 0.333 e. The average Bonchev–Trinajstić information content (AvgIpc) is 2.84. The Labute approximate surface area is 194 Å². The Bertz CT molecular complexity index is 1010. The number of aliphatic carboxylic acids is 1. The van der Waals surface area contributed by atoms with Crippen LogP contribution in [0.4, 0.5) is 0 Å². The molecule has 1 aliphatic carbocycles. The number of ether oxygens (including phenoxy) is 3. The monoisotopic (exact) mass is 446 g/mol. The third-order valence-electron chi connectivity index (χ3n) is 6.05. The molecule has 0 aromatic heterocycles. The molecule has 0 spiro atoms. The molecule has 1 aliphatic rings. The Hall–Kier alpha value is -3.31. The lowest BCUT2D eigenvalue weighted by molar-refractivity contribution is -0.148. The lowest BCUT2D eigenvalue weighted by Crippen LogP contribution is -2.32. The maximum atomic E-state index is 11.1. The molecular formula is C28H30O5. The van der Waals surface area contributed by atoms with Crippen molar-refractivity contribution in [3.63, 3.8) is 0 Å². The van der Waals surface area contributed by atoms with Crippen molar-refractivity contribution in [2.24, 2.45) is 0 Å². The van der Waals surface area contributed by atoms with E-state index < -0.39 is 12.1 Å². The van der Waals surface area contributed by atoms with Crippen molar-refractivity contribution in [2.75, 3.05) is 7.11 Å². The first-order chi connectivity index (χ1) is 16.1. The van der Waals surface area contributed by atoms with Crippen LogP contribution in [0.15, 0.2) is 78.9 Å². The Morgan fingerprint density at radius 2 is 1.39 bits per heavy atom.